The molecule has 1 rings (SSSR count). The molecule has 0 aliphatic carbocycles. The van der Waals surface area contributed by atoms with E-state index in [2.05, 4.69) is 5.32 Å². The van der Waals surface area contributed by atoms with Crippen LogP contribution in [0, 0.1) is 0 Å². The van der Waals surface area contributed by atoms with E-state index in [1.54, 1.807) is 7.11 Å². The second kappa shape index (κ2) is 7.14. The summed E-state index contributed by atoms with van der Waals surface area (Å²) in [5.74, 6) is 0.915. The molecule has 0 heterocycles. The van der Waals surface area contributed by atoms with E-state index in [1.807, 2.05) is 38.1 Å². The molecule has 0 atom stereocenters. The second-order valence-corrected chi connectivity index (χ2v) is 5.47. The van der Waals surface area contributed by atoms with Gasteiger partial charge in [-0.15, -0.1) is 0 Å². The number of nitrogens with one attached hydrogen (secondary N) is 1. The molecule has 0 saturated heterocycles. The Kier molecular flexibility index (Phi) is 5.83. The van der Waals surface area contributed by atoms with Gasteiger partial charge in [0.25, 0.3) is 0 Å². The molecule has 0 unspecified atom stereocenters. The molecule has 0 spiro atoms. The molecule has 4 nitrogen and oxygen atoms in total. The van der Waals surface area contributed by atoms with Gasteiger partial charge in [0.05, 0.1) is 7.11 Å². The molecule has 0 aliphatic heterocycles. The number of hydrogen-bond acceptors (Lipinski definition) is 3. The Hall–Kier alpha value is -1.55. The van der Waals surface area contributed by atoms with Gasteiger partial charge in [0.15, 0.2) is 0 Å². The summed E-state index contributed by atoms with van der Waals surface area (Å²) in [4.78, 5) is 11.6. The molecule has 1 aromatic carbocycles. The number of nitrogens with two attached hydrogens (primary N) is 1. The van der Waals surface area contributed by atoms with E-state index < -0.39 is 0 Å². The van der Waals surface area contributed by atoms with Crippen molar-refractivity contribution in [2.45, 2.75) is 38.6 Å². The van der Waals surface area contributed by atoms with Gasteiger partial charge in [-0.3, -0.25) is 4.79 Å². The van der Waals surface area contributed by atoms with Crippen LogP contribution in [-0.2, 0) is 11.2 Å². The lowest BCUT2D eigenvalue weighted by Crippen LogP contribution is -2.45. The third-order valence-electron chi connectivity index (χ3n) is 2.77. The first-order valence-corrected chi connectivity index (χ1v) is 6.59. The lowest BCUT2D eigenvalue weighted by atomic mass is 10.1. The highest BCUT2D eigenvalue weighted by molar-refractivity contribution is 5.75. The van der Waals surface area contributed by atoms with Gasteiger partial charge in [-0.05, 0) is 44.4 Å². The minimum absolute atomic E-state index is 0.0621. The Balaban J connectivity index is 2.24. The summed E-state index contributed by atoms with van der Waals surface area (Å²) < 4.78 is 5.10. The van der Waals surface area contributed by atoms with Crippen LogP contribution >= 0.6 is 0 Å². The highest BCUT2D eigenvalue weighted by atomic mass is 16.5. The zero-order valence-electron chi connectivity index (χ0n) is 12.0. The van der Waals surface area contributed by atoms with Gasteiger partial charge in [0.1, 0.15) is 5.75 Å². The van der Waals surface area contributed by atoms with Crippen LogP contribution in [-0.4, -0.2) is 25.1 Å². The maximum Gasteiger partial charge on any atom is 0.220 e. The maximum absolute atomic E-state index is 11.6. The molecule has 3 N–H and O–H groups in total. The SMILES string of the molecule is COc1ccc(CCCC(=O)NCC(C)(C)N)cc1. The average Bonchev–Trinajstić information content (AvgIpc) is 2.36. The molecular weight excluding hydrogens is 240 g/mol. The van der Waals surface area contributed by atoms with Crippen LogP contribution in [0.15, 0.2) is 24.3 Å². The second-order valence-electron chi connectivity index (χ2n) is 5.47. The molecule has 1 amide bonds. The quantitative estimate of drug-likeness (QED) is 0.790. The van der Waals surface area contributed by atoms with Crippen LogP contribution in [0.1, 0.15) is 32.3 Å². The van der Waals surface area contributed by atoms with Crippen molar-refractivity contribution in [2.75, 3.05) is 13.7 Å². The fourth-order valence-corrected chi connectivity index (χ4v) is 1.66. The van der Waals surface area contributed by atoms with Crippen LogP contribution in [0.5, 0.6) is 5.75 Å². The molecule has 0 saturated carbocycles. The van der Waals surface area contributed by atoms with Crippen molar-refractivity contribution in [2.24, 2.45) is 5.73 Å². The first-order chi connectivity index (χ1) is 8.90. The Labute approximate surface area is 115 Å². The van der Waals surface area contributed by atoms with Crippen molar-refractivity contribution in [1.29, 1.82) is 0 Å². The summed E-state index contributed by atoms with van der Waals surface area (Å²) in [6.45, 7) is 4.30. The highest BCUT2D eigenvalue weighted by Gasteiger charge is 2.11. The number of carbonyl (C=O) groups excluding carboxylic acids is 1. The maximum atomic E-state index is 11.6. The number of hydrogen-bond donors (Lipinski definition) is 2. The third-order valence-corrected chi connectivity index (χ3v) is 2.77. The summed E-state index contributed by atoms with van der Waals surface area (Å²) in [6.07, 6.45) is 2.26. The van der Waals surface area contributed by atoms with Crippen molar-refractivity contribution in [3.8, 4) is 5.75 Å². The number of rotatable bonds is 7. The van der Waals surface area contributed by atoms with E-state index in [-0.39, 0.29) is 11.4 Å². The summed E-state index contributed by atoms with van der Waals surface area (Å²) in [6, 6.07) is 7.93. The van der Waals surface area contributed by atoms with Gasteiger partial charge in [-0.1, -0.05) is 12.1 Å². The smallest absolute Gasteiger partial charge is 0.220 e. The molecular formula is C15H24N2O2. The topological polar surface area (TPSA) is 64.3 Å². The van der Waals surface area contributed by atoms with E-state index in [0.29, 0.717) is 13.0 Å². The molecule has 19 heavy (non-hydrogen) atoms. The number of ether oxygens (including phenoxy) is 1. The summed E-state index contributed by atoms with van der Waals surface area (Å²) in [7, 11) is 1.65. The Morgan fingerprint density at radius 2 is 1.95 bits per heavy atom. The lowest BCUT2D eigenvalue weighted by molar-refractivity contribution is -0.121. The number of aryl methyl sites for hydroxylation is 1. The number of methoxy groups -OCH3 is 1. The zero-order valence-corrected chi connectivity index (χ0v) is 12.0. The zero-order chi connectivity index (χ0) is 14.3. The van der Waals surface area contributed by atoms with Crippen molar-refractivity contribution in [3.63, 3.8) is 0 Å². The number of amides is 1. The van der Waals surface area contributed by atoms with Gasteiger partial charge >= 0.3 is 0 Å². The van der Waals surface area contributed by atoms with Crippen molar-refractivity contribution in [1.82, 2.24) is 5.32 Å². The van der Waals surface area contributed by atoms with E-state index in [0.717, 1.165) is 18.6 Å². The Morgan fingerprint density at radius 3 is 2.47 bits per heavy atom. The van der Waals surface area contributed by atoms with E-state index in [1.165, 1.54) is 5.56 Å². The predicted octanol–water partition coefficient (Wildman–Crippen LogP) is 1.87. The number of benzene rings is 1. The van der Waals surface area contributed by atoms with Crippen LogP contribution in [0.25, 0.3) is 0 Å². The monoisotopic (exact) mass is 264 g/mol. The van der Waals surface area contributed by atoms with E-state index in [4.69, 9.17) is 10.5 Å². The molecule has 106 valence electrons. The normalized spacial score (nSPS) is 11.2. The van der Waals surface area contributed by atoms with Gasteiger partial charge in [-0.25, -0.2) is 0 Å². The van der Waals surface area contributed by atoms with Gasteiger partial charge in [0.2, 0.25) is 5.91 Å². The minimum atomic E-state index is -0.356. The minimum Gasteiger partial charge on any atom is -0.497 e. The summed E-state index contributed by atoms with van der Waals surface area (Å²) in [5.41, 5.74) is 6.66. The van der Waals surface area contributed by atoms with Gasteiger partial charge in [-0.2, -0.15) is 0 Å². The van der Waals surface area contributed by atoms with E-state index in [9.17, 15) is 4.79 Å². The molecule has 0 aliphatic rings. The predicted molar refractivity (Wildman–Crippen MR) is 77.2 cm³/mol. The molecule has 4 heteroatoms. The van der Waals surface area contributed by atoms with Crippen molar-refractivity contribution >= 4 is 5.91 Å². The first-order valence-electron chi connectivity index (χ1n) is 6.59. The largest absolute Gasteiger partial charge is 0.497 e. The fourth-order valence-electron chi connectivity index (χ4n) is 1.66. The van der Waals surface area contributed by atoms with Gasteiger partial charge < -0.3 is 15.8 Å². The molecule has 1 aromatic rings. The van der Waals surface area contributed by atoms with Crippen molar-refractivity contribution in [3.05, 3.63) is 29.8 Å². The standard InChI is InChI=1S/C15H24N2O2/c1-15(2,16)11-17-14(18)6-4-5-12-7-9-13(19-3)10-8-12/h7-10H,4-6,11,16H2,1-3H3,(H,17,18). The van der Waals surface area contributed by atoms with E-state index >= 15 is 0 Å². The third kappa shape index (κ3) is 6.82. The van der Waals surface area contributed by atoms with Crippen molar-refractivity contribution < 1.29 is 9.53 Å². The highest BCUT2D eigenvalue weighted by Crippen LogP contribution is 2.13. The molecule has 0 aromatic heterocycles. The summed E-state index contributed by atoms with van der Waals surface area (Å²) in [5, 5.41) is 2.84. The van der Waals surface area contributed by atoms with Crippen LogP contribution < -0.4 is 15.8 Å². The lowest BCUT2D eigenvalue weighted by Gasteiger charge is -2.18. The van der Waals surface area contributed by atoms with Crippen LogP contribution in [0.3, 0.4) is 0 Å². The first kappa shape index (κ1) is 15.5. The Morgan fingerprint density at radius 1 is 1.32 bits per heavy atom. The molecule has 0 bridgehead atoms. The summed E-state index contributed by atoms with van der Waals surface area (Å²) >= 11 is 0. The fraction of sp³-hybridized carbons (Fsp3) is 0.533. The molecule has 0 radical (unpaired) electrons. The van der Waals surface area contributed by atoms with Crippen LogP contribution in [0.2, 0.25) is 0 Å². The van der Waals surface area contributed by atoms with Gasteiger partial charge in [0, 0.05) is 18.5 Å². The number of carbonyl (C=O) groups is 1. The Bertz CT molecular complexity index is 394. The molecule has 0 fully saturated rings. The van der Waals surface area contributed by atoms with Crippen LogP contribution in [0.4, 0.5) is 0 Å². The average molecular weight is 264 g/mol.